The van der Waals surface area contributed by atoms with Crippen molar-refractivity contribution in [1.29, 1.82) is 0 Å². The number of hydrogen-bond acceptors (Lipinski definition) is 8. The summed E-state index contributed by atoms with van der Waals surface area (Å²) in [5, 5.41) is 2.48. The van der Waals surface area contributed by atoms with E-state index < -0.39 is 34.5 Å². The quantitative estimate of drug-likeness (QED) is 0.398. The lowest BCUT2D eigenvalue weighted by Gasteiger charge is -2.12. The number of methoxy groups -OCH3 is 2. The first-order valence-corrected chi connectivity index (χ1v) is 12.1. The summed E-state index contributed by atoms with van der Waals surface area (Å²) < 4.78 is 42.3. The molecule has 188 valence electrons. The normalized spacial score (nSPS) is 10.8. The van der Waals surface area contributed by atoms with Crippen LogP contribution in [0.5, 0.6) is 5.75 Å². The van der Waals surface area contributed by atoms with Crippen LogP contribution in [0, 0.1) is 0 Å². The summed E-state index contributed by atoms with van der Waals surface area (Å²) in [6.07, 6.45) is 0. The van der Waals surface area contributed by atoms with Crippen molar-refractivity contribution >= 4 is 50.8 Å². The van der Waals surface area contributed by atoms with E-state index in [1.54, 1.807) is 30.3 Å². The second kappa shape index (κ2) is 11.6. The number of amides is 1. The summed E-state index contributed by atoms with van der Waals surface area (Å²) in [7, 11) is -1.54. The number of hydrogen-bond donors (Lipinski definition) is 2. The Bertz CT molecular complexity index is 1360. The zero-order valence-electron chi connectivity index (χ0n) is 19.1. The molecule has 0 heterocycles. The number of ether oxygens (including phenoxy) is 3. The molecule has 3 rings (SSSR count). The van der Waals surface area contributed by atoms with Gasteiger partial charge in [-0.05, 0) is 48.5 Å². The van der Waals surface area contributed by atoms with Crippen LogP contribution in [0.4, 0.5) is 11.4 Å². The molecule has 10 nitrogen and oxygen atoms in total. The molecule has 0 saturated heterocycles. The molecule has 0 aromatic heterocycles. The van der Waals surface area contributed by atoms with Crippen LogP contribution >= 0.6 is 11.6 Å². The van der Waals surface area contributed by atoms with E-state index in [-0.39, 0.29) is 32.5 Å². The highest BCUT2D eigenvalue weighted by Crippen LogP contribution is 2.28. The number of nitrogens with one attached hydrogen (secondary N) is 2. The van der Waals surface area contributed by atoms with Crippen LogP contribution in [0.2, 0.25) is 5.02 Å². The van der Waals surface area contributed by atoms with Gasteiger partial charge in [0.2, 0.25) is 0 Å². The van der Waals surface area contributed by atoms with E-state index in [4.69, 9.17) is 16.3 Å². The highest BCUT2D eigenvalue weighted by atomic mass is 35.5. The number of carbonyl (C=O) groups excluding carboxylic acids is 3. The number of esters is 2. The molecular weight excluding hydrogens is 512 g/mol. The molecule has 0 atom stereocenters. The summed E-state index contributed by atoms with van der Waals surface area (Å²) >= 11 is 6.17. The third-order valence-corrected chi connectivity index (χ3v) is 6.33. The van der Waals surface area contributed by atoms with Crippen LogP contribution in [0.15, 0.2) is 71.6 Å². The van der Waals surface area contributed by atoms with Gasteiger partial charge < -0.3 is 19.5 Å². The number of benzene rings is 3. The molecular formula is C24H21ClN2O8S. The fourth-order valence-electron chi connectivity index (χ4n) is 3.00. The molecule has 3 aromatic carbocycles. The van der Waals surface area contributed by atoms with Gasteiger partial charge in [0.05, 0.1) is 35.3 Å². The van der Waals surface area contributed by atoms with Crippen molar-refractivity contribution in [1.82, 2.24) is 0 Å². The molecule has 0 radical (unpaired) electrons. The van der Waals surface area contributed by atoms with Gasteiger partial charge >= 0.3 is 11.9 Å². The fraction of sp³-hybridized carbons (Fsp3) is 0.125. The lowest BCUT2D eigenvalue weighted by atomic mass is 10.1. The van der Waals surface area contributed by atoms with E-state index in [1.807, 2.05) is 0 Å². The standard InChI is InChI=1S/C24H21ClN2O8S/c1-33-23(29)15-10-16(24(30)34-2)12-18(11-15)26-22(28)14-35-21-9-8-19(13-20(21)25)36(31,32)27-17-6-4-3-5-7-17/h3-13,27H,14H2,1-2H3,(H,26,28). The predicted molar refractivity (Wildman–Crippen MR) is 132 cm³/mol. The number of halogens is 1. The fourth-order valence-corrected chi connectivity index (χ4v) is 4.38. The summed E-state index contributed by atoms with van der Waals surface area (Å²) in [6, 6.07) is 16.1. The average Bonchev–Trinajstić information content (AvgIpc) is 2.87. The minimum atomic E-state index is -3.90. The largest absolute Gasteiger partial charge is 0.482 e. The third-order valence-electron chi connectivity index (χ3n) is 4.66. The lowest BCUT2D eigenvalue weighted by molar-refractivity contribution is -0.118. The first-order chi connectivity index (χ1) is 17.1. The molecule has 0 aliphatic rings. The van der Waals surface area contributed by atoms with Crippen molar-refractivity contribution in [2.45, 2.75) is 4.90 Å². The van der Waals surface area contributed by atoms with Gasteiger partial charge in [0.15, 0.2) is 6.61 Å². The van der Waals surface area contributed by atoms with E-state index in [0.717, 1.165) is 0 Å². The molecule has 0 saturated carbocycles. The molecule has 0 spiro atoms. The second-order valence-corrected chi connectivity index (χ2v) is 9.27. The van der Waals surface area contributed by atoms with E-state index in [2.05, 4.69) is 19.5 Å². The molecule has 12 heteroatoms. The molecule has 36 heavy (non-hydrogen) atoms. The maximum atomic E-state index is 12.6. The number of rotatable bonds is 9. The van der Waals surface area contributed by atoms with Gasteiger partial charge in [0.1, 0.15) is 5.75 Å². The third kappa shape index (κ3) is 6.74. The molecule has 0 fully saturated rings. The summed E-state index contributed by atoms with van der Waals surface area (Å²) in [6.45, 7) is -0.496. The first-order valence-electron chi connectivity index (χ1n) is 10.2. The van der Waals surface area contributed by atoms with Gasteiger partial charge in [-0.1, -0.05) is 29.8 Å². The number of para-hydroxylation sites is 1. The van der Waals surface area contributed by atoms with Crippen LogP contribution in [0.25, 0.3) is 0 Å². The monoisotopic (exact) mass is 532 g/mol. The topological polar surface area (TPSA) is 137 Å². The molecule has 0 unspecified atom stereocenters. The number of sulfonamides is 1. The summed E-state index contributed by atoms with van der Waals surface area (Å²) in [5.74, 6) is -1.98. The van der Waals surface area contributed by atoms with Gasteiger partial charge in [0, 0.05) is 11.4 Å². The van der Waals surface area contributed by atoms with Crippen molar-refractivity contribution in [3.8, 4) is 5.75 Å². The minimum Gasteiger partial charge on any atom is -0.482 e. The maximum Gasteiger partial charge on any atom is 0.337 e. The number of carbonyl (C=O) groups is 3. The summed E-state index contributed by atoms with van der Waals surface area (Å²) in [5.41, 5.74) is 0.574. The number of anilines is 2. The van der Waals surface area contributed by atoms with Crippen LogP contribution in [-0.2, 0) is 24.3 Å². The Morgan fingerprint density at radius 3 is 2.00 bits per heavy atom. The van der Waals surface area contributed by atoms with E-state index in [9.17, 15) is 22.8 Å². The first kappa shape index (κ1) is 26.5. The zero-order valence-corrected chi connectivity index (χ0v) is 20.7. The van der Waals surface area contributed by atoms with E-state index >= 15 is 0 Å². The van der Waals surface area contributed by atoms with Gasteiger partial charge in [-0.25, -0.2) is 18.0 Å². The van der Waals surface area contributed by atoms with E-state index in [1.165, 1.54) is 50.6 Å². The Labute approximate surface area is 212 Å². The van der Waals surface area contributed by atoms with Gasteiger partial charge in [-0.3, -0.25) is 9.52 Å². The van der Waals surface area contributed by atoms with Crippen LogP contribution in [0.3, 0.4) is 0 Å². The summed E-state index contributed by atoms with van der Waals surface area (Å²) in [4.78, 5) is 36.1. The second-order valence-electron chi connectivity index (χ2n) is 7.18. The Balaban J connectivity index is 1.69. The van der Waals surface area contributed by atoms with Gasteiger partial charge in [0.25, 0.3) is 15.9 Å². The lowest BCUT2D eigenvalue weighted by Crippen LogP contribution is -2.21. The molecule has 0 aliphatic carbocycles. The van der Waals surface area contributed by atoms with Crippen molar-refractivity contribution in [2.24, 2.45) is 0 Å². The average molecular weight is 533 g/mol. The van der Waals surface area contributed by atoms with E-state index in [0.29, 0.717) is 5.69 Å². The Hall–Kier alpha value is -4.09. The molecule has 2 N–H and O–H groups in total. The van der Waals surface area contributed by atoms with Gasteiger partial charge in [-0.2, -0.15) is 0 Å². The van der Waals surface area contributed by atoms with Crippen LogP contribution in [0.1, 0.15) is 20.7 Å². The Morgan fingerprint density at radius 2 is 1.44 bits per heavy atom. The molecule has 0 bridgehead atoms. The Morgan fingerprint density at radius 1 is 0.833 bits per heavy atom. The smallest absolute Gasteiger partial charge is 0.337 e. The zero-order chi connectivity index (χ0) is 26.3. The van der Waals surface area contributed by atoms with Crippen molar-refractivity contribution in [3.63, 3.8) is 0 Å². The minimum absolute atomic E-state index is 0.0283. The predicted octanol–water partition coefficient (Wildman–Crippen LogP) is 3.73. The Kier molecular flexibility index (Phi) is 8.51. The SMILES string of the molecule is COC(=O)c1cc(NC(=O)COc2ccc(S(=O)(=O)Nc3ccccc3)cc2Cl)cc(C(=O)OC)c1. The highest BCUT2D eigenvalue weighted by Gasteiger charge is 2.18. The van der Waals surface area contributed by atoms with Crippen molar-refractivity contribution < 1.29 is 37.0 Å². The molecule has 3 aromatic rings. The molecule has 0 aliphatic heterocycles. The van der Waals surface area contributed by atoms with Crippen molar-refractivity contribution in [3.05, 3.63) is 82.9 Å². The van der Waals surface area contributed by atoms with Gasteiger partial charge in [-0.15, -0.1) is 0 Å². The van der Waals surface area contributed by atoms with Crippen LogP contribution < -0.4 is 14.8 Å². The highest BCUT2D eigenvalue weighted by molar-refractivity contribution is 7.92. The molecule has 1 amide bonds. The van der Waals surface area contributed by atoms with Crippen LogP contribution in [-0.4, -0.2) is 47.1 Å². The van der Waals surface area contributed by atoms with Crippen molar-refractivity contribution in [2.75, 3.05) is 30.9 Å². The maximum absolute atomic E-state index is 12.6.